The molecule has 0 heterocycles. The van der Waals surface area contributed by atoms with Gasteiger partial charge in [0.1, 0.15) is 0 Å². The Labute approximate surface area is 83.3 Å². The summed E-state index contributed by atoms with van der Waals surface area (Å²) in [5, 5.41) is 10.1. The number of rotatable bonds is 1. The van der Waals surface area contributed by atoms with Gasteiger partial charge in [-0.05, 0) is 25.1 Å². The Kier molecular flexibility index (Phi) is 3.95. The van der Waals surface area contributed by atoms with Gasteiger partial charge in [0.25, 0.3) is 11.2 Å². The lowest BCUT2D eigenvalue weighted by atomic mass is 9.96. The van der Waals surface area contributed by atoms with Gasteiger partial charge in [-0.3, -0.25) is 5.41 Å². The predicted octanol–water partition coefficient (Wildman–Crippen LogP) is 1.10. The summed E-state index contributed by atoms with van der Waals surface area (Å²) in [6, 6.07) is 0.0499. The van der Waals surface area contributed by atoms with Crippen molar-refractivity contribution in [3.8, 4) is 0 Å². The summed E-state index contributed by atoms with van der Waals surface area (Å²) in [6.07, 6.45) is 6.03. The number of thiocarbonyl (C=S) groups is 1. The Morgan fingerprint density at radius 1 is 1.38 bits per heavy atom. The quantitative estimate of drug-likeness (QED) is 0.337. The molecule has 0 unspecified atom stereocenters. The average molecular weight is 201 g/mol. The number of hydrogen-bond acceptors (Lipinski definition) is 3. The van der Waals surface area contributed by atoms with Gasteiger partial charge in [0.2, 0.25) is 0 Å². The first-order chi connectivity index (χ1) is 6.18. The van der Waals surface area contributed by atoms with E-state index in [-0.39, 0.29) is 11.2 Å². The van der Waals surface area contributed by atoms with Crippen molar-refractivity contribution in [3.63, 3.8) is 0 Å². The fourth-order valence-electron chi connectivity index (χ4n) is 1.54. The molecule has 0 amide bonds. The molecule has 1 fully saturated rings. The second-order valence-corrected chi connectivity index (χ2v) is 3.60. The number of nitrogens with one attached hydrogen (secondary N) is 2. The molecule has 1 aliphatic rings. The highest BCUT2D eigenvalue weighted by molar-refractivity contribution is 7.80. The molecule has 0 saturated heterocycles. The number of nitrogens with two attached hydrogens (primary N) is 1. The highest BCUT2D eigenvalue weighted by atomic mass is 32.1. The summed E-state index contributed by atoms with van der Waals surface area (Å²) in [4.78, 5) is 0. The third-order valence-corrected chi connectivity index (χ3v) is 2.33. The molecule has 0 aliphatic heterocycles. The molecule has 0 bridgehead atoms. The first-order valence-electron chi connectivity index (χ1n) is 4.51. The van der Waals surface area contributed by atoms with Gasteiger partial charge in [-0.2, -0.15) is 0 Å². The van der Waals surface area contributed by atoms with Gasteiger partial charge in [0, 0.05) is 6.04 Å². The molecule has 4 N–H and O–H groups in total. The van der Waals surface area contributed by atoms with Crippen molar-refractivity contribution in [2.75, 3.05) is 0 Å². The van der Waals surface area contributed by atoms with E-state index in [1.54, 1.807) is 0 Å². The summed E-state index contributed by atoms with van der Waals surface area (Å²) in [5.41, 5.74) is 5.03. The van der Waals surface area contributed by atoms with Crippen LogP contribution in [0.15, 0.2) is 0 Å². The van der Waals surface area contributed by atoms with E-state index in [2.05, 4.69) is 5.32 Å². The van der Waals surface area contributed by atoms with Gasteiger partial charge in [0.15, 0.2) is 0 Å². The Morgan fingerprint density at radius 3 is 2.54 bits per heavy atom. The molecule has 13 heavy (non-hydrogen) atoms. The fraction of sp³-hybridized carbons (Fsp3) is 0.750. The molecule has 1 saturated carbocycles. The van der Waals surface area contributed by atoms with Crippen LogP contribution >= 0.6 is 12.2 Å². The molecule has 4 nitrogen and oxygen atoms in total. The zero-order valence-corrected chi connectivity index (χ0v) is 8.32. The Bertz CT molecular complexity index is 202. The molecule has 0 aromatic heterocycles. The molecule has 1 rings (SSSR count). The lowest BCUT2D eigenvalue weighted by molar-refractivity contribution is 0.390. The molecule has 5 heteroatoms. The Morgan fingerprint density at radius 2 is 2.00 bits per heavy atom. The Balaban J connectivity index is 2.22. The van der Waals surface area contributed by atoms with Crippen molar-refractivity contribution >= 4 is 23.4 Å². The maximum absolute atomic E-state index is 6.87. The van der Waals surface area contributed by atoms with E-state index < -0.39 is 0 Å². The van der Waals surface area contributed by atoms with Crippen LogP contribution in [0.4, 0.5) is 0 Å². The maximum Gasteiger partial charge on any atom is 0.286 e. The van der Waals surface area contributed by atoms with Crippen molar-refractivity contribution in [2.24, 2.45) is 5.73 Å². The van der Waals surface area contributed by atoms with Crippen molar-refractivity contribution in [1.82, 2.24) is 5.32 Å². The molecular weight excluding hydrogens is 186 g/mol. The van der Waals surface area contributed by atoms with E-state index >= 15 is 0 Å². The fourth-order valence-corrected chi connectivity index (χ4v) is 1.80. The highest BCUT2D eigenvalue weighted by Crippen LogP contribution is 2.17. The first kappa shape index (κ1) is 10.2. The number of amidine groups is 1. The van der Waals surface area contributed by atoms with Crippen LogP contribution in [-0.2, 0) is 4.74 Å². The Hall–Kier alpha value is -0.840. The van der Waals surface area contributed by atoms with E-state index in [4.69, 9.17) is 28.1 Å². The van der Waals surface area contributed by atoms with E-state index in [1.165, 1.54) is 19.3 Å². The topological polar surface area (TPSA) is 71.1 Å². The van der Waals surface area contributed by atoms with Gasteiger partial charge in [-0.1, -0.05) is 19.3 Å². The van der Waals surface area contributed by atoms with Crippen LogP contribution in [0, 0.1) is 5.41 Å². The summed E-state index contributed by atoms with van der Waals surface area (Å²) in [6.45, 7) is 0. The number of ether oxygens (including phenoxy) is 1. The monoisotopic (exact) mass is 201 g/mol. The SMILES string of the molecule is N=C(N)OC(=S)NC1CCCCC1. The lowest BCUT2D eigenvalue weighted by Crippen LogP contribution is -2.38. The second kappa shape index (κ2) is 5.01. The van der Waals surface area contributed by atoms with E-state index in [0.717, 1.165) is 12.8 Å². The zero-order valence-electron chi connectivity index (χ0n) is 7.51. The smallest absolute Gasteiger partial charge is 0.286 e. The van der Waals surface area contributed by atoms with Crippen molar-refractivity contribution < 1.29 is 4.74 Å². The minimum absolute atomic E-state index is 0.222. The molecule has 1 aliphatic carbocycles. The molecule has 0 radical (unpaired) electrons. The van der Waals surface area contributed by atoms with Gasteiger partial charge in [-0.25, -0.2) is 0 Å². The predicted molar refractivity (Wildman–Crippen MR) is 55.6 cm³/mol. The summed E-state index contributed by atoms with van der Waals surface area (Å²) < 4.78 is 4.73. The molecule has 0 atom stereocenters. The van der Waals surface area contributed by atoms with Crippen LogP contribution in [0.2, 0.25) is 0 Å². The van der Waals surface area contributed by atoms with Crippen LogP contribution in [0.1, 0.15) is 32.1 Å². The average Bonchev–Trinajstić information content (AvgIpc) is 2.04. The lowest BCUT2D eigenvalue weighted by Gasteiger charge is -2.23. The van der Waals surface area contributed by atoms with Crippen LogP contribution in [0.5, 0.6) is 0 Å². The van der Waals surface area contributed by atoms with Crippen LogP contribution < -0.4 is 11.1 Å². The van der Waals surface area contributed by atoms with Crippen LogP contribution in [0.25, 0.3) is 0 Å². The maximum atomic E-state index is 6.87. The standard InChI is InChI=1S/C8H15N3OS/c9-7(10)12-8(13)11-6-4-2-1-3-5-6/h6H,1-5H2,(H3,9,10)(H,11,13). The highest BCUT2D eigenvalue weighted by Gasteiger charge is 2.14. The molecule has 0 spiro atoms. The van der Waals surface area contributed by atoms with E-state index in [0.29, 0.717) is 6.04 Å². The van der Waals surface area contributed by atoms with Gasteiger partial charge in [0.05, 0.1) is 0 Å². The van der Waals surface area contributed by atoms with Crippen molar-refractivity contribution in [3.05, 3.63) is 0 Å². The molecule has 0 aromatic carbocycles. The third-order valence-electron chi connectivity index (χ3n) is 2.13. The van der Waals surface area contributed by atoms with Crippen LogP contribution in [0.3, 0.4) is 0 Å². The van der Waals surface area contributed by atoms with Crippen molar-refractivity contribution in [2.45, 2.75) is 38.1 Å². The third kappa shape index (κ3) is 4.07. The minimum atomic E-state index is -0.353. The molecule has 0 aromatic rings. The van der Waals surface area contributed by atoms with Gasteiger partial charge < -0.3 is 15.8 Å². The van der Waals surface area contributed by atoms with Gasteiger partial charge in [-0.15, -0.1) is 0 Å². The molecule has 74 valence electrons. The second-order valence-electron chi connectivity index (χ2n) is 3.23. The summed E-state index contributed by atoms with van der Waals surface area (Å²) in [5.74, 6) is 0. The zero-order chi connectivity index (χ0) is 9.68. The largest absolute Gasteiger partial charge is 0.399 e. The first-order valence-corrected chi connectivity index (χ1v) is 4.91. The minimum Gasteiger partial charge on any atom is -0.399 e. The van der Waals surface area contributed by atoms with Crippen LogP contribution in [-0.4, -0.2) is 17.2 Å². The van der Waals surface area contributed by atoms with E-state index in [9.17, 15) is 0 Å². The van der Waals surface area contributed by atoms with Gasteiger partial charge >= 0.3 is 0 Å². The molecular formula is C8H15N3OS. The number of hydrogen-bond donors (Lipinski definition) is 3. The van der Waals surface area contributed by atoms with Crippen molar-refractivity contribution in [1.29, 1.82) is 5.41 Å². The normalized spacial score (nSPS) is 17.8. The van der Waals surface area contributed by atoms with E-state index in [1.807, 2.05) is 0 Å². The summed E-state index contributed by atoms with van der Waals surface area (Å²) >= 11 is 4.86. The summed E-state index contributed by atoms with van der Waals surface area (Å²) in [7, 11) is 0.